The number of rotatable bonds is 4. The number of carbonyl (C=O) groups excluding carboxylic acids is 2. The van der Waals surface area contributed by atoms with E-state index in [1.165, 1.54) is 18.3 Å². The topological polar surface area (TPSA) is 99.6 Å². The maximum Gasteiger partial charge on any atom is 0.354 e. The van der Waals surface area contributed by atoms with Crippen molar-refractivity contribution in [2.75, 3.05) is 4.90 Å². The van der Waals surface area contributed by atoms with E-state index in [9.17, 15) is 14.4 Å². The number of aromatic carboxylic acids is 1. The van der Waals surface area contributed by atoms with Gasteiger partial charge in [-0.2, -0.15) is 0 Å². The summed E-state index contributed by atoms with van der Waals surface area (Å²) in [5.74, 6) is -1.78. The van der Waals surface area contributed by atoms with E-state index in [1.54, 1.807) is 4.90 Å². The van der Waals surface area contributed by atoms with E-state index in [4.69, 9.17) is 5.11 Å². The number of anilines is 1. The lowest BCUT2D eigenvalue weighted by atomic mass is 10.1. The molecule has 2 N–H and O–H groups in total. The SMILES string of the molecule is CC1CC(NC(=O)c2ccc(C(=O)O)nc2)C(=O)N1c1ccccc1. The lowest BCUT2D eigenvalue weighted by Gasteiger charge is -2.21. The van der Waals surface area contributed by atoms with Gasteiger partial charge in [0.2, 0.25) is 5.91 Å². The number of carboxylic acids is 1. The van der Waals surface area contributed by atoms with Gasteiger partial charge in [-0.05, 0) is 37.6 Å². The molecule has 2 aromatic rings. The summed E-state index contributed by atoms with van der Waals surface area (Å²) in [7, 11) is 0. The van der Waals surface area contributed by atoms with Crippen LogP contribution < -0.4 is 10.2 Å². The van der Waals surface area contributed by atoms with Gasteiger partial charge in [-0.3, -0.25) is 9.59 Å². The highest BCUT2D eigenvalue weighted by atomic mass is 16.4. The number of pyridine rings is 1. The minimum Gasteiger partial charge on any atom is -0.477 e. The number of carbonyl (C=O) groups is 3. The number of carboxylic acid groups (broad SMARTS) is 1. The maximum absolute atomic E-state index is 12.6. The Hall–Kier alpha value is -3.22. The molecule has 0 radical (unpaired) electrons. The van der Waals surface area contributed by atoms with E-state index in [0.29, 0.717) is 6.42 Å². The molecule has 2 atom stereocenters. The van der Waals surface area contributed by atoms with Crippen LogP contribution in [0.2, 0.25) is 0 Å². The zero-order chi connectivity index (χ0) is 18.0. The average molecular weight is 339 g/mol. The molecule has 1 aromatic heterocycles. The van der Waals surface area contributed by atoms with Crippen LogP contribution in [0.4, 0.5) is 5.69 Å². The van der Waals surface area contributed by atoms with Crippen molar-refractivity contribution in [1.82, 2.24) is 10.3 Å². The van der Waals surface area contributed by atoms with Crippen LogP contribution in [0.5, 0.6) is 0 Å². The van der Waals surface area contributed by atoms with Gasteiger partial charge in [0.1, 0.15) is 11.7 Å². The van der Waals surface area contributed by atoms with Gasteiger partial charge in [0.05, 0.1) is 5.56 Å². The van der Waals surface area contributed by atoms with Gasteiger partial charge in [0.25, 0.3) is 5.91 Å². The Balaban J connectivity index is 1.72. The third-order valence-corrected chi connectivity index (χ3v) is 4.14. The fraction of sp³-hybridized carbons (Fsp3) is 0.222. The molecule has 2 amide bonds. The number of benzene rings is 1. The van der Waals surface area contributed by atoms with Crippen molar-refractivity contribution in [3.63, 3.8) is 0 Å². The molecule has 7 nitrogen and oxygen atoms in total. The number of amides is 2. The van der Waals surface area contributed by atoms with Crippen LogP contribution in [-0.4, -0.2) is 40.0 Å². The minimum atomic E-state index is -1.16. The standard InChI is InChI=1S/C18H17N3O4/c1-11-9-15(17(23)21(11)13-5-3-2-4-6-13)20-16(22)12-7-8-14(18(24)25)19-10-12/h2-8,10-11,15H,9H2,1H3,(H,20,22)(H,24,25). The van der Waals surface area contributed by atoms with Crippen molar-refractivity contribution in [3.05, 3.63) is 59.9 Å². The first kappa shape index (κ1) is 16.6. The molecule has 1 saturated heterocycles. The molecular weight excluding hydrogens is 322 g/mol. The van der Waals surface area contributed by atoms with E-state index in [0.717, 1.165) is 5.69 Å². The summed E-state index contributed by atoms with van der Waals surface area (Å²) in [6, 6.07) is 11.3. The summed E-state index contributed by atoms with van der Waals surface area (Å²) in [4.78, 5) is 41.1. The second-order valence-corrected chi connectivity index (χ2v) is 5.89. The highest BCUT2D eigenvalue weighted by molar-refractivity contribution is 6.04. The fourth-order valence-electron chi connectivity index (χ4n) is 2.92. The molecule has 1 aliphatic rings. The monoisotopic (exact) mass is 339 g/mol. The van der Waals surface area contributed by atoms with E-state index < -0.39 is 17.9 Å². The third-order valence-electron chi connectivity index (χ3n) is 4.14. The predicted octanol–water partition coefficient (Wildman–Crippen LogP) is 1.70. The van der Waals surface area contributed by atoms with Crippen molar-refractivity contribution < 1.29 is 19.5 Å². The lowest BCUT2D eigenvalue weighted by molar-refractivity contribution is -0.118. The molecule has 0 aliphatic carbocycles. The van der Waals surface area contributed by atoms with Crippen LogP contribution in [0.25, 0.3) is 0 Å². The molecule has 1 aromatic carbocycles. The molecule has 128 valence electrons. The molecule has 0 saturated carbocycles. The van der Waals surface area contributed by atoms with Gasteiger partial charge in [0.15, 0.2) is 0 Å². The molecule has 7 heteroatoms. The van der Waals surface area contributed by atoms with E-state index in [-0.39, 0.29) is 23.2 Å². The van der Waals surface area contributed by atoms with Gasteiger partial charge >= 0.3 is 5.97 Å². The van der Waals surface area contributed by atoms with Crippen molar-refractivity contribution >= 4 is 23.5 Å². The van der Waals surface area contributed by atoms with Gasteiger partial charge in [-0.15, -0.1) is 0 Å². The van der Waals surface area contributed by atoms with Gasteiger partial charge < -0.3 is 15.3 Å². The van der Waals surface area contributed by atoms with E-state index in [1.807, 2.05) is 37.3 Å². The first-order valence-corrected chi connectivity index (χ1v) is 7.85. The highest BCUT2D eigenvalue weighted by Gasteiger charge is 2.38. The molecule has 1 fully saturated rings. The van der Waals surface area contributed by atoms with Gasteiger partial charge in [-0.25, -0.2) is 9.78 Å². The van der Waals surface area contributed by atoms with Gasteiger partial charge in [0, 0.05) is 17.9 Å². The molecule has 25 heavy (non-hydrogen) atoms. The van der Waals surface area contributed by atoms with Crippen LogP contribution in [0.1, 0.15) is 34.2 Å². The smallest absolute Gasteiger partial charge is 0.354 e. The van der Waals surface area contributed by atoms with E-state index >= 15 is 0 Å². The molecule has 0 bridgehead atoms. The van der Waals surface area contributed by atoms with Crippen LogP contribution >= 0.6 is 0 Å². The normalized spacial score (nSPS) is 19.7. The molecule has 3 rings (SSSR count). The number of para-hydroxylation sites is 1. The summed E-state index contributed by atoms with van der Waals surface area (Å²) in [6.07, 6.45) is 1.69. The summed E-state index contributed by atoms with van der Waals surface area (Å²) in [6.45, 7) is 1.93. The number of hydrogen-bond donors (Lipinski definition) is 2. The lowest BCUT2D eigenvalue weighted by Crippen LogP contribution is -2.42. The Morgan fingerprint density at radius 3 is 2.52 bits per heavy atom. The summed E-state index contributed by atoms with van der Waals surface area (Å²) < 4.78 is 0. The Labute approximate surface area is 144 Å². The van der Waals surface area contributed by atoms with Gasteiger partial charge in [-0.1, -0.05) is 18.2 Å². The minimum absolute atomic E-state index is 0.0345. The zero-order valence-corrected chi connectivity index (χ0v) is 13.5. The number of aromatic nitrogens is 1. The first-order chi connectivity index (χ1) is 12.0. The van der Waals surface area contributed by atoms with Crippen LogP contribution in [0, 0.1) is 0 Å². The number of nitrogens with zero attached hydrogens (tertiary/aromatic N) is 2. The summed E-state index contributed by atoms with van der Waals surface area (Å²) in [5.41, 5.74) is 0.866. The Morgan fingerprint density at radius 2 is 1.92 bits per heavy atom. The molecule has 2 heterocycles. The molecule has 2 unspecified atom stereocenters. The Morgan fingerprint density at radius 1 is 1.20 bits per heavy atom. The molecular formula is C18H17N3O4. The third kappa shape index (κ3) is 3.35. The van der Waals surface area contributed by atoms with Crippen molar-refractivity contribution in [2.45, 2.75) is 25.4 Å². The zero-order valence-electron chi connectivity index (χ0n) is 13.5. The second kappa shape index (κ2) is 6.72. The van der Waals surface area contributed by atoms with Crippen LogP contribution in [0.15, 0.2) is 48.7 Å². The molecule has 0 spiro atoms. The maximum atomic E-state index is 12.6. The summed E-state index contributed by atoms with van der Waals surface area (Å²) >= 11 is 0. The van der Waals surface area contributed by atoms with Crippen LogP contribution in [0.3, 0.4) is 0 Å². The largest absolute Gasteiger partial charge is 0.477 e. The quantitative estimate of drug-likeness (QED) is 0.883. The van der Waals surface area contributed by atoms with Crippen molar-refractivity contribution in [3.8, 4) is 0 Å². The number of nitrogens with one attached hydrogen (secondary N) is 1. The Bertz CT molecular complexity index is 805. The highest BCUT2D eigenvalue weighted by Crippen LogP contribution is 2.26. The fourth-order valence-corrected chi connectivity index (χ4v) is 2.92. The number of hydrogen-bond acceptors (Lipinski definition) is 4. The first-order valence-electron chi connectivity index (χ1n) is 7.85. The van der Waals surface area contributed by atoms with Crippen molar-refractivity contribution in [1.29, 1.82) is 0 Å². The van der Waals surface area contributed by atoms with Crippen LogP contribution in [-0.2, 0) is 4.79 Å². The summed E-state index contributed by atoms with van der Waals surface area (Å²) in [5, 5.41) is 11.5. The predicted molar refractivity (Wildman–Crippen MR) is 90.5 cm³/mol. The van der Waals surface area contributed by atoms with E-state index in [2.05, 4.69) is 10.3 Å². The molecule has 1 aliphatic heterocycles. The Kier molecular flexibility index (Phi) is 4.47. The average Bonchev–Trinajstić information content (AvgIpc) is 2.89. The van der Waals surface area contributed by atoms with Crippen molar-refractivity contribution in [2.24, 2.45) is 0 Å². The second-order valence-electron chi connectivity index (χ2n) is 5.89.